The fourth-order valence-corrected chi connectivity index (χ4v) is 4.92. The summed E-state index contributed by atoms with van der Waals surface area (Å²) in [6.07, 6.45) is -0.0101. The number of benzene rings is 1. The number of nitrogens with zero attached hydrogens (tertiary/aromatic N) is 4. The van der Waals surface area contributed by atoms with Gasteiger partial charge in [-0.05, 0) is 31.5 Å². The Hall–Kier alpha value is -3.00. The molecule has 0 N–H and O–H groups in total. The summed E-state index contributed by atoms with van der Waals surface area (Å²) in [4.78, 5) is 40.0. The number of carbonyl (C=O) groups excluding carboxylic acids is 2. The number of aryl methyl sites for hydroxylation is 3. The molecule has 2 aromatic heterocycles. The zero-order valence-corrected chi connectivity index (χ0v) is 18.5. The van der Waals surface area contributed by atoms with Crippen LogP contribution in [0.1, 0.15) is 33.7 Å². The van der Waals surface area contributed by atoms with Crippen LogP contribution in [-0.2, 0) is 11.2 Å². The van der Waals surface area contributed by atoms with Crippen molar-refractivity contribution in [3.8, 4) is 5.75 Å². The molecule has 156 valence electrons. The predicted molar refractivity (Wildman–Crippen MR) is 117 cm³/mol. The van der Waals surface area contributed by atoms with Gasteiger partial charge in [-0.15, -0.1) is 11.3 Å². The maximum atomic E-state index is 13.7. The largest absolute Gasteiger partial charge is 0.476 e. The first-order chi connectivity index (χ1) is 14.3. The number of rotatable bonds is 3. The number of amides is 2. The monoisotopic (exact) mass is 424 g/mol. The molecule has 7 nitrogen and oxygen atoms in total. The minimum absolute atomic E-state index is 0.153. The highest BCUT2D eigenvalue weighted by atomic mass is 32.1. The second-order valence-corrected chi connectivity index (χ2v) is 8.54. The highest BCUT2D eigenvalue weighted by molar-refractivity contribution is 7.20. The lowest BCUT2D eigenvalue weighted by Crippen LogP contribution is -2.50. The molecule has 1 aromatic carbocycles. The summed E-state index contributed by atoms with van der Waals surface area (Å²) in [5, 5.41) is 0.933. The summed E-state index contributed by atoms with van der Waals surface area (Å²) < 4.78 is 5.91. The second-order valence-electron chi connectivity index (χ2n) is 7.54. The molecule has 8 heteroatoms. The molecular weight excluding hydrogens is 400 g/mol. The van der Waals surface area contributed by atoms with E-state index in [9.17, 15) is 9.59 Å². The fraction of sp³-hybridized carbons (Fsp3) is 0.364. The van der Waals surface area contributed by atoms with E-state index in [-0.39, 0.29) is 18.4 Å². The van der Waals surface area contributed by atoms with Gasteiger partial charge in [-0.2, -0.15) is 0 Å². The van der Waals surface area contributed by atoms with Gasteiger partial charge in [0.1, 0.15) is 16.4 Å². The Kier molecular flexibility index (Phi) is 5.19. The Balaban J connectivity index is 1.79. The third-order valence-corrected chi connectivity index (χ3v) is 6.44. The SMILES string of the molecule is CCc1nc(C)c2c(C)c(C(=O)N3CC(C(=O)N(C)C)Oc4ccccc43)sc2n1. The maximum absolute atomic E-state index is 13.7. The number of ether oxygens (including phenoxy) is 1. The highest BCUT2D eigenvalue weighted by Gasteiger charge is 2.36. The molecular formula is C22H24N4O3S. The number of hydrogen-bond acceptors (Lipinski definition) is 6. The number of aromatic nitrogens is 2. The Morgan fingerprint density at radius 1 is 1.23 bits per heavy atom. The van der Waals surface area contributed by atoms with Crippen LogP contribution in [0.4, 0.5) is 5.69 Å². The van der Waals surface area contributed by atoms with Gasteiger partial charge >= 0.3 is 0 Å². The molecule has 3 heterocycles. The van der Waals surface area contributed by atoms with Crippen LogP contribution in [0.15, 0.2) is 24.3 Å². The van der Waals surface area contributed by atoms with Gasteiger partial charge in [0.15, 0.2) is 6.10 Å². The van der Waals surface area contributed by atoms with E-state index < -0.39 is 6.10 Å². The average Bonchev–Trinajstić information content (AvgIpc) is 3.08. The number of hydrogen-bond donors (Lipinski definition) is 0. The zero-order valence-electron chi connectivity index (χ0n) is 17.7. The predicted octanol–water partition coefficient (Wildman–Crippen LogP) is 3.37. The molecule has 1 atom stereocenters. The maximum Gasteiger partial charge on any atom is 0.268 e. The van der Waals surface area contributed by atoms with Gasteiger partial charge in [-0.3, -0.25) is 14.5 Å². The summed E-state index contributed by atoms with van der Waals surface area (Å²) in [6, 6.07) is 7.32. The van der Waals surface area contributed by atoms with Gasteiger partial charge in [-0.1, -0.05) is 19.1 Å². The summed E-state index contributed by atoms with van der Waals surface area (Å²) in [5.74, 6) is 0.971. The van der Waals surface area contributed by atoms with Crippen molar-refractivity contribution in [2.75, 3.05) is 25.5 Å². The van der Waals surface area contributed by atoms with Crippen molar-refractivity contribution < 1.29 is 14.3 Å². The molecule has 1 aliphatic heterocycles. The Bertz CT molecular complexity index is 1150. The molecule has 0 radical (unpaired) electrons. The molecule has 2 amide bonds. The van der Waals surface area contributed by atoms with Crippen molar-refractivity contribution in [2.45, 2.75) is 33.3 Å². The number of likely N-dealkylation sites (N-methyl/N-ethyl adjacent to an activating group) is 1. The first kappa shape index (κ1) is 20.3. The van der Waals surface area contributed by atoms with Gasteiger partial charge in [0.2, 0.25) is 0 Å². The van der Waals surface area contributed by atoms with Crippen LogP contribution in [0, 0.1) is 13.8 Å². The van der Waals surface area contributed by atoms with Crippen LogP contribution in [0.3, 0.4) is 0 Å². The minimum atomic E-state index is -0.748. The molecule has 30 heavy (non-hydrogen) atoms. The normalized spacial score (nSPS) is 15.6. The molecule has 0 saturated heterocycles. The summed E-state index contributed by atoms with van der Waals surface area (Å²) >= 11 is 1.38. The van der Waals surface area contributed by atoms with E-state index in [0.29, 0.717) is 16.3 Å². The molecule has 0 fully saturated rings. The van der Waals surface area contributed by atoms with E-state index in [2.05, 4.69) is 9.97 Å². The van der Waals surface area contributed by atoms with Crippen molar-refractivity contribution in [1.82, 2.24) is 14.9 Å². The van der Waals surface area contributed by atoms with Crippen LogP contribution in [-0.4, -0.2) is 53.4 Å². The van der Waals surface area contributed by atoms with Crippen LogP contribution >= 0.6 is 11.3 Å². The molecule has 1 aliphatic rings. The number of thiophene rings is 1. The molecule has 0 saturated carbocycles. The third kappa shape index (κ3) is 3.31. The Labute approximate surface area is 179 Å². The van der Waals surface area contributed by atoms with E-state index >= 15 is 0 Å². The lowest BCUT2D eigenvalue weighted by molar-refractivity contribution is -0.135. The van der Waals surface area contributed by atoms with Gasteiger partial charge in [-0.25, -0.2) is 9.97 Å². The number of para-hydroxylation sites is 2. The molecule has 0 aliphatic carbocycles. The van der Waals surface area contributed by atoms with Crippen LogP contribution < -0.4 is 9.64 Å². The second kappa shape index (κ2) is 7.68. The fourth-order valence-electron chi connectivity index (χ4n) is 3.72. The number of anilines is 1. The first-order valence-electron chi connectivity index (χ1n) is 9.87. The van der Waals surface area contributed by atoms with Crippen LogP contribution in [0.5, 0.6) is 5.75 Å². The molecule has 0 bridgehead atoms. The number of fused-ring (bicyclic) bond motifs is 2. The number of carbonyl (C=O) groups is 2. The van der Waals surface area contributed by atoms with Crippen LogP contribution in [0.25, 0.3) is 10.2 Å². The molecule has 4 rings (SSSR count). The lowest BCUT2D eigenvalue weighted by Gasteiger charge is -2.35. The average molecular weight is 425 g/mol. The minimum Gasteiger partial charge on any atom is -0.476 e. The van der Waals surface area contributed by atoms with Crippen molar-refractivity contribution in [1.29, 1.82) is 0 Å². The molecule has 1 unspecified atom stereocenters. The van der Waals surface area contributed by atoms with Crippen molar-refractivity contribution in [3.05, 3.63) is 46.2 Å². The summed E-state index contributed by atoms with van der Waals surface area (Å²) in [5.41, 5.74) is 2.42. The Morgan fingerprint density at radius 3 is 2.67 bits per heavy atom. The zero-order chi connectivity index (χ0) is 21.6. The van der Waals surface area contributed by atoms with Gasteiger partial charge < -0.3 is 9.64 Å². The summed E-state index contributed by atoms with van der Waals surface area (Å²) in [6.45, 7) is 6.06. The van der Waals surface area contributed by atoms with Gasteiger partial charge in [0.25, 0.3) is 11.8 Å². The Morgan fingerprint density at radius 2 is 1.97 bits per heavy atom. The molecule has 3 aromatic rings. The highest BCUT2D eigenvalue weighted by Crippen LogP contribution is 2.37. The molecule has 0 spiro atoms. The van der Waals surface area contributed by atoms with Crippen LogP contribution in [0.2, 0.25) is 0 Å². The topological polar surface area (TPSA) is 75.6 Å². The van der Waals surface area contributed by atoms with E-state index in [1.165, 1.54) is 16.2 Å². The summed E-state index contributed by atoms with van der Waals surface area (Å²) in [7, 11) is 3.36. The van der Waals surface area contributed by atoms with Gasteiger partial charge in [0, 0.05) is 31.6 Å². The lowest BCUT2D eigenvalue weighted by atomic mass is 10.1. The first-order valence-corrected chi connectivity index (χ1v) is 10.7. The van der Waals surface area contributed by atoms with Crippen molar-refractivity contribution in [2.24, 2.45) is 0 Å². The van der Waals surface area contributed by atoms with Crippen molar-refractivity contribution >= 4 is 39.1 Å². The van der Waals surface area contributed by atoms with E-state index in [1.54, 1.807) is 25.1 Å². The van der Waals surface area contributed by atoms with E-state index in [4.69, 9.17) is 4.74 Å². The standard InChI is InChI=1S/C22H24N4O3S/c1-6-17-23-13(3)18-12(2)19(30-20(18)24-17)22(28)26-11-16(21(27)25(4)5)29-15-10-8-7-9-14(15)26/h7-10,16H,6,11H2,1-5H3. The smallest absolute Gasteiger partial charge is 0.268 e. The quantitative estimate of drug-likeness (QED) is 0.644. The van der Waals surface area contributed by atoms with Gasteiger partial charge in [0.05, 0.1) is 17.1 Å². The van der Waals surface area contributed by atoms with Crippen molar-refractivity contribution in [3.63, 3.8) is 0 Å². The van der Waals surface area contributed by atoms with E-state index in [0.717, 1.165) is 33.7 Å². The van der Waals surface area contributed by atoms with E-state index in [1.807, 2.05) is 39.0 Å². The third-order valence-electron chi connectivity index (χ3n) is 5.26.